The minimum Gasteiger partial charge on any atom is -0.399 e. The van der Waals surface area contributed by atoms with Gasteiger partial charge in [-0.1, -0.05) is 120 Å². The number of carbonyl (C=O) groups is 2. The van der Waals surface area contributed by atoms with Crippen LogP contribution in [0.3, 0.4) is 0 Å². The average molecular weight is 733 g/mol. The summed E-state index contributed by atoms with van der Waals surface area (Å²) in [7, 11) is 2.92. The lowest BCUT2D eigenvalue weighted by atomic mass is 9.80. The topological polar surface area (TPSA) is 109 Å². The maximum atomic E-state index is 13.0. The summed E-state index contributed by atoms with van der Waals surface area (Å²) < 4.78 is -2.17. The van der Waals surface area contributed by atoms with Gasteiger partial charge < -0.3 is 9.68 Å². The highest BCUT2D eigenvalue weighted by Crippen LogP contribution is 2.42. The van der Waals surface area contributed by atoms with Crippen LogP contribution in [0.4, 0.5) is 11.4 Å². The third kappa shape index (κ3) is 6.66. The molecule has 0 fully saturated rings. The number of anilines is 2. The fraction of sp³-hybridized carbons (Fsp3) is 0.438. The smallest absolute Gasteiger partial charge is 0.276 e. The van der Waals surface area contributed by atoms with Gasteiger partial charge in [0.1, 0.15) is 14.2 Å². The van der Waals surface area contributed by atoms with Gasteiger partial charge in [0.05, 0.1) is 34.2 Å². The van der Waals surface area contributed by atoms with E-state index in [0.29, 0.717) is 22.8 Å². The second-order valence-corrected chi connectivity index (χ2v) is 14.7. The number of oxime groups is 2. The summed E-state index contributed by atoms with van der Waals surface area (Å²) in [5.74, 6) is -0.385. The molecule has 0 saturated carbocycles. The molecule has 0 radical (unpaired) electrons. The van der Waals surface area contributed by atoms with E-state index < -0.39 is 8.65 Å². The molecule has 2 aromatic carbocycles. The van der Waals surface area contributed by atoms with E-state index in [1.807, 2.05) is 102 Å². The van der Waals surface area contributed by atoms with Gasteiger partial charge in [0.2, 0.25) is 0 Å². The van der Waals surface area contributed by atoms with E-state index in [1.54, 1.807) is 13.8 Å². The molecule has 236 valence electrons. The maximum absolute atomic E-state index is 13.0. The number of hydrogen-bond acceptors (Lipinski definition) is 8. The number of nitrogens with zero attached hydrogens (tertiary/aromatic N) is 6. The van der Waals surface area contributed by atoms with Crippen LogP contribution in [0.15, 0.2) is 81.2 Å². The number of carbonyl (C=O) groups excluding carboxylic acids is 2. The molecule has 2 aliphatic rings. The van der Waals surface area contributed by atoms with Gasteiger partial charge in [-0.2, -0.15) is 20.2 Å². The minimum absolute atomic E-state index is 0.193. The normalized spacial score (nSPS) is 22.8. The van der Waals surface area contributed by atoms with Crippen molar-refractivity contribution in [3.8, 4) is 0 Å². The van der Waals surface area contributed by atoms with E-state index >= 15 is 0 Å². The van der Waals surface area contributed by atoms with Crippen molar-refractivity contribution >= 4 is 77.9 Å². The van der Waals surface area contributed by atoms with Gasteiger partial charge >= 0.3 is 0 Å². The molecule has 2 amide bonds. The van der Waals surface area contributed by atoms with E-state index in [4.69, 9.17) is 9.68 Å². The third-order valence-corrected chi connectivity index (χ3v) is 9.48. The summed E-state index contributed by atoms with van der Waals surface area (Å²) in [5.41, 5.74) is 3.26. The summed E-state index contributed by atoms with van der Waals surface area (Å²) in [6.45, 7) is 15.6. The number of amides is 2. The average Bonchev–Trinajstić information content (AvgIpc) is 3.41. The molecule has 0 aliphatic carbocycles. The molecule has 44 heavy (non-hydrogen) atoms. The van der Waals surface area contributed by atoms with E-state index in [0.717, 1.165) is 11.4 Å². The summed E-state index contributed by atoms with van der Waals surface area (Å²) in [5, 5.41) is 19.9. The monoisotopic (exact) mass is 730 g/mol. The lowest BCUT2D eigenvalue weighted by Crippen LogP contribution is -2.50. The number of hydrazone groups is 2. The zero-order chi connectivity index (χ0) is 33.1. The van der Waals surface area contributed by atoms with Crippen LogP contribution in [0.25, 0.3) is 0 Å². The predicted octanol–water partition coefficient (Wildman–Crippen LogP) is 7.18. The summed E-state index contributed by atoms with van der Waals surface area (Å²) in [4.78, 5) is 35.8. The van der Waals surface area contributed by atoms with Crippen molar-refractivity contribution in [2.45, 2.75) is 64.0 Å². The lowest BCUT2D eigenvalue weighted by molar-refractivity contribution is -0.118. The van der Waals surface area contributed by atoms with Crippen LogP contribution in [0.2, 0.25) is 0 Å². The minimum atomic E-state index is -1.09. The fourth-order valence-corrected chi connectivity index (χ4v) is 6.63. The summed E-state index contributed by atoms with van der Waals surface area (Å²) in [6.07, 6.45) is 0. The SMILES string of the molecule is CO/N=C(\C)C1(Br)C(=O)N(c2ccccc2)N=C1C(C)(C)C.CO/N=C(\C)C1(Br)C(=O)N(c2ccccc2)N=C1C(C)(C)C. The molecular formula is C32H40Br2N6O4. The molecular weight excluding hydrogens is 692 g/mol. The Hall–Kier alpha value is -3.38. The van der Waals surface area contributed by atoms with Crippen LogP contribution in [-0.4, -0.2) is 57.5 Å². The van der Waals surface area contributed by atoms with Crippen LogP contribution >= 0.6 is 31.9 Å². The highest BCUT2D eigenvalue weighted by molar-refractivity contribution is 9.11. The highest BCUT2D eigenvalue weighted by Gasteiger charge is 2.57. The van der Waals surface area contributed by atoms with Crippen LogP contribution in [0, 0.1) is 10.8 Å². The van der Waals surface area contributed by atoms with Crippen molar-refractivity contribution in [2.75, 3.05) is 24.2 Å². The first kappa shape index (κ1) is 35.1. The van der Waals surface area contributed by atoms with Gasteiger partial charge in [0.25, 0.3) is 11.8 Å². The molecule has 4 rings (SSSR count). The van der Waals surface area contributed by atoms with E-state index in [1.165, 1.54) is 24.2 Å². The molecule has 0 saturated heterocycles. The van der Waals surface area contributed by atoms with Crippen molar-refractivity contribution < 1.29 is 19.3 Å². The molecule has 0 aromatic heterocycles. The number of halogens is 2. The Morgan fingerprint density at radius 1 is 0.659 bits per heavy atom. The Labute approximate surface area is 276 Å². The van der Waals surface area contributed by atoms with Crippen molar-refractivity contribution in [1.29, 1.82) is 0 Å². The Morgan fingerprint density at radius 3 is 1.20 bits per heavy atom. The first-order valence-electron chi connectivity index (χ1n) is 14.0. The van der Waals surface area contributed by atoms with Crippen molar-refractivity contribution in [2.24, 2.45) is 31.3 Å². The van der Waals surface area contributed by atoms with Crippen molar-refractivity contribution in [3.63, 3.8) is 0 Å². The highest BCUT2D eigenvalue weighted by atomic mass is 79.9. The first-order valence-corrected chi connectivity index (χ1v) is 15.6. The molecule has 2 atom stereocenters. The molecule has 0 N–H and O–H groups in total. The Balaban J connectivity index is 0.000000240. The molecule has 2 aromatic rings. The van der Waals surface area contributed by atoms with Gasteiger partial charge in [0, 0.05) is 10.8 Å². The van der Waals surface area contributed by atoms with Crippen LogP contribution in [-0.2, 0) is 19.3 Å². The van der Waals surface area contributed by atoms with Gasteiger partial charge in [-0.3, -0.25) is 9.59 Å². The van der Waals surface area contributed by atoms with E-state index in [9.17, 15) is 9.59 Å². The number of rotatable bonds is 6. The quantitative estimate of drug-likeness (QED) is 0.178. The molecule has 2 unspecified atom stereocenters. The van der Waals surface area contributed by atoms with Crippen LogP contribution in [0.1, 0.15) is 55.4 Å². The van der Waals surface area contributed by atoms with Crippen LogP contribution < -0.4 is 10.0 Å². The number of benzene rings is 2. The maximum Gasteiger partial charge on any atom is 0.276 e. The zero-order valence-electron chi connectivity index (χ0n) is 26.8. The summed E-state index contributed by atoms with van der Waals surface area (Å²) in [6, 6.07) is 18.7. The van der Waals surface area contributed by atoms with E-state index in [2.05, 4.69) is 52.4 Å². The Morgan fingerprint density at radius 2 is 0.955 bits per heavy atom. The Bertz CT molecular complexity index is 1380. The standard InChI is InChI=1S/2C16H20BrN3O2/c2*1-11(19-22-5)16(17)13(15(2,3)4)18-20(14(16)21)12-9-7-6-8-10-12/h2*6-10H,1-5H3/b2*19-11+. The number of hydrogen-bond donors (Lipinski definition) is 0. The second-order valence-electron chi connectivity index (χ2n) is 12.3. The summed E-state index contributed by atoms with van der Waals surface area (Å²) >= 11 is 7.17. The van der Waals surface area contributed by atoms with Gasteiger partial charge in [0.15, 0.2) is 8.65 Å². The number of para-hydroxylation sites is 2. The zero-order valence-corrected chi connectivity index (χ0v) is 30.0. The molecule has 10 nitrogen and oxygen atoms in total. The Kier molecular flexibility index (Phi) is 10.6. The molecule has 0 spiro atoms. The van der Waals surface area contributed by atoms with Crippen molar-refractivity contribution in [1.82, 2.24) is 0 Å². The second kappa shape index (κ2) is 13.3. The fourth-order valence-electron chi connectivity index (χ4n) is 4.80. The lowest BCUT2D eigenvalue weighted by Gasteiger charge is -2.28. The third-order valence-electron chi connectivity index (χ3n) is 6.90. The van der Waals surface area contributed by atoms with Gasteiger partial charge in [-0.25, -0.2) is 0 Å². The van der Waals surface area contributed by atoms with Crippen LogP contribution in [0.5, 0.6) is 0 Å². The predicted molar refractivity (Wildman–Crippen MR) is 185 cm³/mol. The molecule has 12 heteroatoms. The van der Waals surface area contributed by atoms with Gasteiger partial charge in [-0.15, -0.1) is 0 Å². The van der Waals surface area contributed by atoms with Crippen molar-refractivity contribution in [3.05, 3.63) is 60.7 Å². The molecule has 2 heterocycles. The molecule has 2 aliphatic heterocycles. The van der Waals surface area contributed by atoms with E-state index in [-0.39, 0.29) is 22.6 Å². The number of alkyl halides is 2. The van der Waals surface area contributed by atoms with Gasteiger partial charge in [-0.05, 0) is 38.1 Å². The first-order chi connectivity index (χ1) is 20.4. The molecule has 0 bridgehead atoms. The largest absolute Gasteiger partial charge is 0.399 e.